The Balaban J connectivity index is 0.000000176. The smallest absolute Gasteiger partial charge is 0.225 e. The molecule has 3 aliphatic carbocycles. The molecule has 8 nitrogen and oxygen atoms in total. The molecule has 3 aromatic rings. The van der Waals surface area contributed by atoms with Crippen molar-refractivity contribution in [2.24, 2.45) is 17.8 Å². The molecule has 7 rings (SSSR count). The largest absolute Gasteiger partial charge is 0.342 e. The van der Waals surface area contributed by atoms with E-state index in [1.54, 1.807) is 11.9 Å². The fourth-order valence-corrected chi connectivity index (χ4v) is 6.71. The predicted molar refractivity (Wildman–Crippen MR) is 145 cm³/mol. The molecule has 1 saturated heterocycles. The molecule has 0 spiro atoms. The Bertz CT molecular complexity index is 1360. The monoisotopic (exact) mass is 535 g/mol. The number of nitrogens with zero attached hydrogens (tertiary/aromatic N) is 6. The third-order valence-electron chi connectivity index (χ3n) is 8.00. The van der Waals surface area contributed by atoms with Gasteiger partial charge in [-0.2, -0.15) is 5.26 Å². The van der Waals surface area contributed by atoms with Crippen LogP contribution in [0.5, 0.6) is 0 Å². The summed E-state index contributed by atoms with van der Waals surface area (Å²) < 4.78 is 5.58. The van der Waals surface area contributed by atoms with Crippen molar-refractivity contribution in [1.82, 2.24) is 29.2 Å². The van der Waals surface area contributed by atoms with Crippen LogP contribution in [0.2, 0.25) is 0 Å². The molecule has 1 N–H and O–H groups in total. The van der Waals surface area contributed by atoms with Gasteiger partial charge in [0.1, 0.15) is 10.4 Å². The van der Waals surface area contributed by atoms with Crippen LogP contribution in [0.3, 0.4) is 0 Å². The molecule has 4 fully saturated rings. The number of nitrogens with one attached hydrogen (secondary N) is 1. The Morgan fingerprint density at radius 2 is 2.05 bits per heavy atom. The molecule has 10 heteroatoms. The second kappa shape index (κ2) is 9.37. The van der Waals surface area contributed by atoms with Gasteiger partial charge in [-0.15, -0.1) is 10.2 Å². The van der Waals surface area contributed by atoms with E-state index in [1.807, 2.05) is 20.0 Å². The lowest BCUT2D eigenvalue weighted by atomic mass is 10.1. The maximum absolute atomic E-state index is 11.6. The van der Waals surface area contributed by atoms with Crippen molar-refractivity contribution in [2.75, 3.05) is 13.1 Å². The van der Waals surface area contributed by atoms with Gasteiger partial charge in [0.2, 0.25) is 5.91 Å². The Kier molecular flexibility index (Phi) is 6.29. The van der Waals surface area contributed by atoms with E-state index < -0.39 is 5.41 Å². The molecule has 0 radical (unpaired) electrons. The zero-order chi connectivity index (χ0) is 25.8. The van der Waals surface area contributed by atoms with Crippen molar-refractivity contribution < 1.29 is 4.79 Å². The normalized spacial score (nSPS) is 24.1. The SMILES string of the molecule is CC(C)C(=O)N1CCC2CC2C1.CC1(NSc2ccc3cnc(-c4nnc(C5(C#N)CC5)s4)n3c2)CC1. The highest BCUT2D eigenvalue weighted by Gasteiger charge is 2.48. The number of carbonyl (C=O) groups excluding carboxylic acids is 1. The molecule has 1 aliphatic heterocycles. The standard InChI is InChI=1S/C17H16N6S2.C10H17NO/c1-16(4-5-16)22-25-12-3-2-11-8-19-13(23(11)9-12)14-20-21-15(24-14)17(10-18)6-7-17;1-7(2)10(12)11-4-3-8-5-9(8)6-11/h2-3,8-9,22H,4-7H2,1H3;7-9H,3-6H2,1-2H3. The number of pyridine rings is 1. The van der Waals surface area contributed by atoms with E-state index in [2.05, 4.69) is 60.5 Å². The molecule has 2 atom stereocenters. The minimum Gasteiger partial charge on any atom is -0.342 e. The van der Waals surface area contributed by atoms with Crippen molar-refractivity contribution in [2.45, 2.75) is 75.1 Å². The first kappa shape index (κ1) is 24.8. The Hall–Kier alpha value is -2.48. The minimum atomic E-state index is -0.395. The number of carbonyl (C=O) groups is 1. The van der Waals surface area contributed by atoms with E-state index in [-0.39, 0.29) is 11.5 Å². The molecule has 0 bridgehead atoms. The summed E-state index contributed by atoms with van der Waals surface area (Å²) in [6, 6.07) is 6.55. The zero-order valence-corrected chi connectivity index (χ0v) is 23.2. The molecular weight excluding hydrogens is 502 g/mol. The second-order valence-corrected chi connectivity index (χ2v) is 13.5. The average molecular weight is 536 g/mol. The number of rotatable bonds is 6. The number of fused-ring (bicyclic) bond motifs is 2. The van der Waals surface area contributed by atoms with Crippen molar-refractivity contribution >= 4 is 34.7 Å². The number of imidazole rings is 1. The average Bonchev–Trinajstić information content (AvgIpc) is 3.87. The van der Waals surface area contributed by atoms with E-state index in [0.717, 1.165) is 64.0 Å². The number of nitriles is 1. The first-order valence-electron chi connectivity index (χ1n) is 13.2. The number of piperidine rings is 1. The van der Waals surface area contributed by atoms with Crippen LogP contribution in [-0.4, -0.2) is 49.0 Å². The number of amides is 1. The lowest BCUT2D eigenvalue weighted by Gasteiger charge is -2.27. The van der Waals surface area contributed by atoms with E-state index in [4.69, 9.17) is 0 Å². The van der Waals surface area contributed by atoms with Gasteiger partial charge >= 0.3 is 0 Å². The zero-order valence-electron chi connectivity index (χ0n) is 21.6. The molecule has 3 aromatic heterocycles. The van der Waals surface area contributed by atoms with Crippen LogP contribution in [0.4, 0.5) is 0 Å². The number of aromatic nitrogens is 4. The highest BCUT2D eigenvalue weighted by atomic mass is 32.2. The van der Waals surface area contributed by atoms with Crippen LogP contribution in [0.1, 0.15) is 64.3 Å². The van der Waals surface area contributed by atoms with Gasteiger partial charge in [-0.05, 0) is 81.4 Å². The lowest BCUT2D eigenvalue weighted by Crippen LogP contribution is -2.39. The number of likely N-dealkylation sites (tertiary alicyclic amines) is 1. The highest BCUT2D eigenvalue weighted by Crippen LogP contribution is 2.49. The molecule has 194 valence electrons. The highest BCUT2D eigenvalue weighted by molar-refractivity contribution is 7.97. The van der Waals surface area contributed by atoms with Gasteiger partial charge in [0.05, 0.1) is 17.8 Å². The quantitative estimate of drug-likeness (QED) is 0.440. The first-order valence-corrected chi connectivity index (χ1v) is 14.9. The molecule has 37 heavy (non-hydrogen) atoms. The molecule has 3 saturated carbocycles. The van der Waals surface area contributed by atoms with E-state index in [9.17, 15) is 10.1 Å². The summed E-state index contributed by atoms with van der Waals surface area (Å²) in [5.41, 5.74) is 0.907. The summed E-state index contributed by atoms with van der Waals surface area (Å²) in [5, 5.41) is 19.5. The van der Waals surface area contributed by atoms with Gasteiger partial charge in [0, 0.05) is 35.6 Å². The van der Waals surface area contributed by atoms with Gasteiger partial charge in [-0.1, -0.05) is 25.2 Å². The van der Waals surface area contributed by atoms with Crippen LogP contribution >= 0.6 is 23.3 Å². The molecule has 4 aliphatic rings. The van der Waals surface area contributed by atoms with Crippen molar-refractivity contribution in [3.05, 3.63) is 29.5 Å². The topological polar surface area (TPSA) is 99.2 Å². The Morgan fingerprint density at radius 1 is 1.24 bits per heavy atom. The summed E-state index contributed by atoms with van der Waals surface area (Å²) in [7, 11) is 0. The summed E-state index contributed by atoms with van der Waals surface area (Å²) in [4.78, 5) is 19.3. The van der Waals surface area contributed by atoms with Gasteiger partial charge in [0.25, 0.3) is 0 Å². The van der Waals surface area contributed by atoms with Gasteiger partial charge in [-0.3, -0.25) is 13.9 Å². The lowest BCUT2D eigenvalue weighted by molar-refractivity contribution is -0.135. The van der Waals surface area contributed by atoms with E-state index in [0.29, 0.717) is 5.91 Å². The summed E-state index contributed by atoms with van der Waals surface area (Å²) in [6.07, 6.45) is 10.8. The molecule has 1 amide bonds. The summed E-state index contributed by atoms with van der Waals surface area (Å²) >= 11 is 3.14. The Morgan fingerprint density at radius 3 is 2.73 bits per heavy atom. The van der Waals surface area contributed by atoms with Gasteiger partial charge in [-0.25, -0.2) is 4.98 Å². The summed E-state index contributed by atoms with van der Waals surface area (Å²) in [6.45, 7) is 8.27. The fourth-order valence-electron chi connectivity index (χ4n) is 4.82. The number of hydrogen-bond donors (Lipinski definition) is 1. The maximum Gasteiger partial charge on any atom is 0.225 e. The van der Waals surface area contributed by atoms with Gasteiger partial charge in [0.15, 0.2) is 10.8 Å². The number of hydrogen-bond acceptors (Lipinski definition) is 8. The van der Waals surface area contributed by atoms with Gasteiger partial charge < -0.3 is 4.90 Å². The van der Waals surface area contributed by atoms with Crippen LogP contribution < -0.4 is 4.72 Å². The van der Waals surface area contributed by atoms with E-state index in [1.165, 1.54) is 37.0 Å². The van der Waals surface area contributed by atoms with Crippen molar-refractivity contribution in [3.8, 4) is 16.9 Å². The predicted octanol–water partition coefficient (Wildman–Crippen LogP) is 5.07. The molecule has 0 aromatic carbocycles. The Labute approximate surface area is 226 Å². The van der Waals surface area contributed by atoms with Crippen LogP contribution in [-0.2, 0) is 10.2 Å². The van der Waals surface area contributed by atoms with Crippen LogP contribution in [0.25, 0.3) is 16.3 Å². The first-order chi connectivity index (χ1) is 17.8. The molecule has 4 heterocycles. The maximum atomic E-state index is 11.6. The van der Waals surface area contributed by atoms with Crippen LogP contribution in [0.15, 0.2) is 29.4 Å². The summed E-state index contributed by atoms with van der Waals surface area (Å²) in [5.74, 6) is 3.15. The minimum absolute atomic E-state index is 0.181. The molecule has 2 unspecified atom stereocenters. The third kappa shape index (κ3) is 5.14. The third-order valence-corrected chi connectivity index (χ3v) is 10.2. The van der Waals surface area contributed by atoms with E-state index >= 15 is 0 Å². The van der Waals surface area contributed by atoms with Crippen LogP contribution in [0, 0.1) is 29.1 Å². The van der Waals surface area contributed by atoms with Crippen molar-refractivity contribution in [3.63, 3.8) is 0 Å². The molecular formula is C27H33N7OS2. The fraction of sp³-hybridized carbons (Fsp3) is 0.593. The van der Waals surface area contributed by atoms with Crippen molar-refractivity contribution in [1.29, 1.82) is 5.26 Å². The second-order valence-electron chi connectivity index (χ2n) is 11.6.